The van der Waals surface area contributed by atoms with E-state index in [9.17, 15) is 13.2 Å². The minimum atomic E-state index is -3.92. The molecule has 0 aromatic heterocycles. The molecule has 28 heavy (non-hydrogen) atoms. The fourth-order valence-electron chi connectivity index (χ4n) is 3.14. The molecule has 1 amide bonds. The van der Waals surface area contributed by atoms with Crippen LogP contribution >= 0.6 is 11.6 Å². The number of amides is 1. The molecule has 0 radical (unpaired) electrons. The van der Waals surface area contributed by atoms with E-state index >= 15 is 0 Å². The molecule has 0 bridgehead atoms. The lowest BCUT2D eigenvalue weighted by molar-refractivity contribution is -0.120. The first-order valence-electron chi connectivity index (χ1n) is 9.10. The molecule has 8 heteroatoms. The maximum atomic E-state index is 13.3. The van der Waals surface area contributed by atoms with Crippen LogP contribution < -0.4 is 9.62 Å². The number of benzene rings is 2. The van der Waals surface area contributed by atoms with Crippen LogP contribution in [0.2, 0.25) is 5.02 Å². The largest absolute Gasteiger partial charge is 0.376 e. The topological polar surface area (TPSA) is 75.7 Å². The summed E-state index contributed by atoms with van der Waals surface area (Å²) >= 11 is 6.02. The summed E-state index contributed by atoms with van der Waals surface area (Å²) in [6.45, 7) is 2.50. The zero-order chi connectivity index (χ0) is 20.1. The summed E-state index contributed by atoms with van der Waals surface area (Å²) < 4.78 is 33.1. The van der Waals surface area contributed by atoms with Gasteiger partial charge in [-0.3, -0.25) is 9.10 Å². The average molecular weight is 423 g/mol. The fourth-order valence-corrected chi connectivity index (χ4v) is 4.87. The molecule has 1 saturated heterocycles. The Morgan fingerprint density at radius 3 is 2.64 bits per heavy atom. The second-order valence-electron chi connectivity index (χ2n) is 6.69. The molecule has 1 aliphatic rings. The molecule has 6 nitrogen and oxygen atoms in total. The zero-order valence-corrected chi connectivity index (χ0v) is 17.2. The first-order valence-corrected chi connectivity index (χ1v) is 10.9. The Kier molecular flexibility index (Phi) is 6.59. The SMILES string of the molecule is Cc1cc(Cl)ccc1N(CC(=O)NC[C@H]1CCCO1)S(=O)(=O)c1ccccc1. The summed E-state index contributed by atoms with van der Waals surface area (Å²) in [5.41, 5.74) is 1.08. The van der Waals surface area contributed by atoms with Gasteiger partial charge in [-0.2, -0.15) is 0 Å². The second-order valence-corrected chi connectivity index (χ2v) is 8.99. The van der Waals surface area contributed by atoms with E-state index in [0.29, 0.717) is 29.4 Å². The van der Waals surface area contributed by atoms with Crippen LogP contribution in [0.5, 0.6) is 0 Å². The van der Waals surface area contributed by atoms with Crippen LogP contribution in [0.1, 0.15) is 18.4 Å². The van der Waals surface area contributed by atoms with Gasteiger partial charge in [0.15, 0.2) is 0 Å². The van der Waals surface area contributed by atoms with Gasteiger partial charge in [-0.05, 0) is 55.7 Å². The van der Waals surface area contributed by atoms with Gasteiger partial charge < -0.3 is 10.1 Å². The van der Waals surface area contributed by atoms with Crippen molar-refractivity contribution < 1.29 is 17.9 Å². The Labute approximate surface area is 170 Å². The highest BCUT2D eigenvalue weighted by Crippen LogP contribution is 2.28. The highest BCUT2D eigenvalue weighted by molar-refractivity contribution is 7.92. The molecular formula is C20H23ClN2O4S. The molecule has 3 rings (SSSR count). The van der Waals surface area contributed by atoms with Gasteiger partial charge in [0.1, 0.15) is 6.54 Å². The van der Waals surface area contributed by atoms with Crippen LogP contribution in [-0.4, -0.2) is 40.1 Å². The number of nitrogens with zero attached hydrogens (tertiary/aromatic N) is 1. The number of anilines is 1. The van der Waals surface area contributed by atoms with Crippen molar-refractivity contribution in [2.45, 2.75) is 30.8 Å². The number of hydrogen-bond donors (Lipinski definition) is 1. The number of nitrogens with one attached hydrogen (secondary N) is 1. The Balaban J connectivity index is 1.87. The van der Waals surface area contributed by atoms with E-state index in [0.717, 1.165) is 17.1 Å². The highest BCUT2D eigenvalue weighted by atomic mass is 35.5. The number of carbonyl (C=O) groups excluding carboxylic acids is 1. The maximum absolute atomic E-state index is 13.3. The lowest BCUT2D eigenvalue weighted by Crippen LogP contribution is -2.43. The molecule has 1 atom stereocenters. The zero-order valence-electron chi connectivity index (χ0n) is 15.6. The molecule has 0 saturated carbocycles. The quantitative estimate of drug-likeness (QED) is 0.743. The maximum Gasteiger partial charge on any atom is 0.264 e. The third-order valence-electron chi connectivity index (χ3n) is 4.60. The number of sulfonamides is 1. The number of ether oxygens (including phenoxy) is 1. The van der Waals surface area contributed by atoms with E-state index in [1.54, 1.807) is 43.3 Å². The lowest BCUT2D eigenvalue weighted by atomic mass is 10.2. The van der Waals surface area contributed by atoms with Crippen molar-refractivity contribution in [3.63, 3.8) is 0 Å². The van der Waals surface area contributed by atoms with Gasteiger partial charge >= 0.3 is 0 Å². The van der Waals surface area contributed by atoms with Gasteiger partial charge in [0, 0.05) is 18.2 Å². The van der Waals surface area contributed by atoms with Gasteiger partial charge in [0.2, 0.25) is 5.91 Å². The summed E-state index contributed by atoms with van der Waals surface area (Å²) in [6.07, 6.45) is 1.85. The van der Waals surface area contributed by atoms with E-state index in [4.69, 9.17) is 16.3 Å². The Bertz CT molecular complexity index is 928. The number of rotatable bonds is 7. The van der Waals surface area contributed by atoms with Crippen molar-refractivity contribution in [3.8, 4) is 0 Å². The van der Waals surface area contributed by atoms with Gasteiger partial charge in [-0.1, -0.05) is 29.8 Å². The highest BCUT2D eigenvalue weighted by Gasteiger charge is 2.28. The van der Waals surface area contributed by atoms with Crippen LogP contribution in [-0.2, 0) is 19.6 Å². The van der Waals surface area contributed by atoms with E-state index in [1.807, 2.05) is 0 Å². The molecule has 150 valence electrons. The molecule has 0 unspecified atom stereocenters. The summed E-state index contributed by atoms with van der Waals surface area (Å²) in [4.78, 5) is 12.7. The van der Waals surface area contributed by atoms with E-state index in [-0.39, 0.29) is 23.5 Å². The molecule has 1 aliphatic heterocycles. The van der Waals surface area contributed by atoms with Crippen LogP contribution in [0, 0.1) is 6.92 Å². The fraction of sp³-hybridized carbons (Fsp3) is 0.350. The van der Waals surface area contributed by atoms with Gasteiger partial charge in [0.25, 0.3) is 10.0 Å². The van der Waals surface area contributed by atoms with Crippen molar-refractivity contribution in [1.29, 1.82) is 0 Å². The van der Waals surface area contributed by atoms with Crippen molar-refractivity contribution in [2.24, 2.45) is 0 Å². The molecule has 0 spiro atoms. The minimum absolute atomic E-state index is 0.0135. The van der Waals surface area contributed by atoms with Crippen molar-refractivity contribution in [1.82, 2.24) is 5.32 Å². The summed E-state index contributed by atoms with van der Waals surface area (Å²) in [5.74, 6) is -0.385. The van der Waals surface area contributed by atoms with Gasteiger partial charge in [0.05, 0.1) is 16.7 Å². The van der Waals surface area contributed by atoms with Crippen LogP contribution in [0.25, 0.3) is 0 Å². The lowest BCUT2D eigenvalue weighted by Gasteiger charge is -2.26. The molecule has 2 aromatic rings. The molecule has 1 N–H and O–H groups in total. The molecule has 2 aromatic carbocycles. The summed E-state index contributed by atoms with van der Waals surface area (Å²) in [6, 6.07) is 13.0. The average Bonchev–Trinajstić information content (AvgIpc) is 3.19. The smallest absolute Gasteiger partial charge is 0.264 e. The Morgan fingerprint density at radius 1 is 1.25 bits per heavy atom. The Morgan fingerprint density at radius 2 is 2.00 bits per heavy atom. The van der Waals surface area contributed by atoms with E-state index < -0.39 is 10.0 Å². The van der Waals surface area contributed by atoms with Crippen LogP contribution in [0.3, 0.4) is 0 Å². The first kappa shape index (κ1) is 20.6. The van der Waals surface area contributed by atoms with Crippen molar-refractivity contribution in [3.05, 3.63) is 59.1 Å². The van der Waals surface area contributed by atoms with Crippen LogP contribution in [0.4, 0.5) is 5.69 Å². The minimum Gasteiger partial charge on any atom is -0.376 e. The number of hydrogen-bond acceptors (Lipinski definition) is 4. The third-order valence-corrected chi connectivity index (χ3v) is 6.61. The van der Waals surface area contributed by atoms with Gasteiger partial charge in [-0.25, -0.2) is 8.42 Å². The summed E-state index contributed by atoms with van der Waals surface area (Å²) in [5, 5.41) is 3.28. The number of aryl methyl sites for hydroxylation is 1. The first-order chi connectivity index (χ1) is 13.4. The standard InChI is InChI=1S/C20H23ClN2O4S/c1-15-12-16(21)9-10-19(15)23(28(25,26)18-7-3-2-4-8-18)14-20(24)22-13-17-6-5-11-27-17/h2-4,7-10,12,17H,5-6,11,13-14H2,1H3,(H,22,24)/t17-/m1/s1. The second kappa shape index (κ2) is 8.94. The van der Waals surface area contributed by atoms with Crippen molar-refractivity contribution in [2.75, 3.05) is 24.0 Å². The third kappa shape index (κ3) is 4.84. The molecule has 1 heterocycles. The predicted octanol–water partition coefficient (Wildman–Crippen LogP) is 3.14. The number of carbonyl (C=O) groups is 1. The normalized spacial score (nSPS) is 16.7. The summed E-state index contributed by atoms with van der Waals surface area (Å²) in [7, 11) is -3.92. The van der Waals surface area contributed by atoms with E-state index in [2.05, 4.69) is 5.32 Å². The molecular weight excluding hydrogens is 400 g/mol. The number of halogens is 1. The molecule has 1 fully saturated rings. The van der Waals surface area contributed by atoms with Crippen LogP contribution in [0.15, 0.2) is 53.4 Å². The monoisotopic (exact) mass is 422 g/mol. The van der Waals surface area contributed by atoms with Crippen molar-refractivity contribution >= 4 is 33.2 Å². The predicted molar refractivity (Wildman–Crippen MR) is 109 cm³/mol. The molecule has 0 aliphatic carbocycles. The Hall–Kier alpha value is -2.09. The van der Waals surface area contributed by atoms with E-state index in [1.165, 1.54) is 12.1 Å². The van der Waals surface area contributed by atoms with Gasteiger partial charge in [-0.15, -0.1) is 0 Å².